The van der Waals surface area contributed by atoms with Crippen LogP contribution >= 0.6 is 0 Å². The molecule has 4 aliphatic heterocycles. The Balaban J connectivity index is 1.38. The molecule has 7 heteroatoms. The van der Waals surface area contributed by atoms with Gasteiger partial charge in [-0.05, 0) is 44.1 Å². The standard InChI is InChI=1S/C24H32FNO5/c1-15-8-9-19-16(2)21(27)26(12-13-28-14-17-6-4-5-7-20(17)25)22-24(19)18(15)10-11-23(3,29-22)30-31-24/h4-7,15-16,18-19,22H,8-14H2,1-3H3/t15-,16-,18+,19+,22-,23-,24-/m1/s1. The quantitative estimate of drug-likeness (QED) is 0.518. The van der Waals surface area contributed by atoms with Gasteiger partial charge in [-0.15, -0.1) is 0 Å². The van der Waals surface area contributed by atoms with Gasteiger partial charge in [0.05, 0.1) is 13.2 Å². The maximum absolute atomic E-state index is 13.9. The molecule has 170 valence electrons. The second kappa shape index (κ2) is 7.80. The van der Waals surface area contributed by atoms with Gasteiger partial charge in [0.25, 0.3) is 0 Å². The lowest BCUT2D eigenvalue weighted by Gasteiger charge is -2.61. The third-order valence-electron chi connectivity index (χ3n) is 8.05. The number of fused-ring (bicyclic) bond motifs is 2. The summed E-state index contributed by atoms with van der Waals surface area (Å²) in [5, 5.41) is 0. The fraction of sp³-hybridized carbons (Fsp3) is 0.708. The van der Waals surface area contributed by atoms with E-state index in [1.165, 1.54) is 6.07 Å². The van der Waals surface area contributed by atoms with Gasteiger partial charge in [0.1, 0.15) is 5.82 Å². The third kappa shape index (κ3) is 3.32. The van der Waals surface area contributed by atoms with E-state index in [0.717, 1.165) is 25.7 Å². The smallest absolute Gasteiger partial charge is 0.227 e. The lowest BCUT2D eigenvalue weighted by molar-refractivity contribution is -0.547. The number of amides is 1. The summed E-state index contributed by atoms with van der Waals surface area (Å²) >= 11 is 0. The number of carbonyl (C=O) groups excluding carboxylic acids is 1. The number of hydrogen-bond donors (Lipinski definition) is 0. The largest absolute Gasteiger partial charge is 0.375 e. The van der Waals surface area contributed by atoms with Crippen molar-refractivity contribution < 1.29 is 28.4 Å². The van der Waals surface area contributed by atoms with Crippen LogP contribution in [0.4, 0.5) is 4.39 Å². The van der Waals surface area contributed by atoms with Crippen LogP contribution in [-0.2, 0) is 30.7 Å². The molecule has 1 amide bonds. The number of nitrogens with zero attached hydrogens (tertiary/aromatic N) is 1. The molecule has 1 aromatic carbocycles. The van der Waals surface area contributed by atoms with Gasteiger partial charge in [0, 0.05) is 30.4 Å². The van der Waals surface area contributed by atoms with Gasteiger partial charge in [-0.2, -0.15) is 0 Å². The first-order valence-corrected chi connectivity index (χ1v) is 11.5. The van der Waals surface area contributed by atoms with Crippen LogP contribution < -0.4 is 0 Å². The molecule has 0 unspecified atom stereocenters. The lowest BCUT2D eigenvalue weighted by Crippen LogP contribution is -2.75. The van der Waals surface area contributed by atoms with Crippen molar-refractivity contribution >= 4 is 5.91 Å². The summed E-state index contributed by atoms with van der Waals surface area (Å²) in [4.78, 5) is 27.3. The molecule has 6 rings (SSSR count). The third-order valence-corrected chi connectivity index (χ3v) is 8.05. The van der Waals surface area contributed by atoms with E-state index in [-0.39, 0.29) is 36.1 Å². The summed E-state index contributed by atoms with van der Waals surface area (Å²) in [5.41, 5.74) is -0.137. The van der Waals surface area contributed by atoms with E-state index in [0.29, 0.717) is 24.6 Å². The molecule has 1 aliphatic carbocycles. The normalized spacial score (nSPS) is 41.7. The van der Waals surface area contributed by atoms with Crippen molar-refractivity contribution in [3.8, 4) is 0 Å². The van der Waals surface area contributed by atoms with Gasteiger partial charge in [-0.3, -0.25) is 4.79 Å². The van der Waals surface area contributed by atoms with Crippen molar-refractivity contribution in [2.45, 2.75) is 70.7 Å². The van der Waals surface area contributed by atoms with Crippen LogP contribution in [0.3, 0.4) is 0 Å². The minimum absolute atomic E-state index is 0.0724. The average Bonchev–Trinajstić information content (AvgIpc) is 2.99. The summed E-state index contributed by atoms with van der Waals surface area (Å²) in [6.07, 6.45) is 3.23. The number of halogens is 1. The van der Waals surface area contributed by atoms with E-state index in [1.807, 2.05) is 13.8 Å². The van der Waals surface area contributed by atoms with Crippen molar-refractivity contribution in [2.24, 2.45) is 23.7 Å². The van der Waals surface area contributed by atoms with Gasteiger partial charge in [-0.25, -0.2) is 14.2 Å². The van der Waals surface area contributed by atoms with E-state index in [4.69, 9.17) is 19.2 Å². The minimum Gasteiger partial charge on any atom is -0.375 e. The van der Waals surface area contributed by atoms with Crippen LogP contribution in [0, 0.1) is 29.5 Å². The summed E-state index contributed by atoms with van der Waals surface area (Å²) in [5.74, 6) is -0.414. The zero-order chi connectivity index (χ0) is 21.8. The second-order valence-electron chi connectivity index (χ2n) is 9.89. The molecule has 4 saturated heterocycles. The molecule has 0 aromatic heterocycles. The average molecular weight is 434 g/mol. The Kier molecular flexibility index (Phi) is 5.36. The molecular weight excluding hydrogens is 401 g/mol. The number of ether oxygens (including phenoxy) is 2. The van der Waals surface area contributed by atoms with Crippen molar-refractivity contribution in [2.75, 3.05) is 13.2 Å². The van der Waals surface area contributed by atoms with Crippen LogP contribution in [0.15, 0.2) is 24.3 Å². The van der Waals surface area contributed by atoms with Crippen molar-refractivity contribution in [3.05, 3.63) is 35.6 Å². The summed E-state index contributed by atoms with van der Waals surface area (Å²) < 4.78 is 26.1. The number of likely N-dealkylation sites (tertiary alicyclic amines) is 1. The Hall–Kier alpha value is -1.54. The predicted octanol–water partition coefficient (Wildman–Crippen LogP) is 4.04. The molecule has 2 bridgehead atoms. The van der Waals surface area contributed by atoms with Crippen LogP contribution in [0.2, 0.25) is 0 Å². The molecule has 31 heavy (non-hydrogen) atoms. The molecule has 7 atom stereocenters. The van der Waals surface area contributed by atoms with Crippen molar-refractivity contribution in [1.82, 2.24) is 4.90 Å². The highest BCUT2D eigenvalue weighted by molar-refractivity contribution is 5.80. The number of rotatable bonds is 5. The van der Waals surface area contributed by atoms with E-state index in [2.05, 4.69) is 6.92 Å². The Morgan fingerprint density at radius 2 is 1.97 bits per heavy atom. The minimum atomic E-state index is -0.856. The Morgan fingerprint density at radius 3 is 2.77 bits per heavy atom. The van der Waals surface area contributed by atoms with Crippen LogP contribution in [-0.4, -0.2) is 41.6 Å². The zero-order valence-corrected chi connectivity index (χ0v) is 18.5. The molecule has 6 nitrogen and oxygen atoms in total. The summed E-state index contributed by atoms with van der Waals surface area (Å²) in [7, 11) is 0. The Labute approximate surface area is 182 Å². The molecular formula is C24H32FNO5. The number of benzene rings is 1. The molecule has 1 saturated carbocycles. The first-order valence-electron chi connectivity index (χ1n) is 11.5. The molecule has 5 fully saturated rings. The van der Waals surface area contributed by atoms with Gasteiger partial charge < -0.3 is 14.4 Å². The number of piperidine rings is 1. The molecule has 1 aromatic rings. The topological polar surface area (TPSA) is 57.2 Å². The van der Waals surface area contributed by atoms with E-state index in [9.17, 15) is 9.18 Å². The highest BCUT2D eigenvalue weighted by Crippen LogP contribution is 2.60. The Bertz CT molecular complexity index is 851. The predicted molar refractivity (Wildman–Crippen MR) is 110 cm³/mol. The van der Waals surface area contributed by atoms with Gasteiger partial charge in [-0.1, -0.05) is 32.0 Å². The van der Waals surface area contributed by atoms with Crippen molar-refractivity contribution in [3.63, 3.8) is 0 Å². The summed E-state index contributed by atoms with van der Waals surface area (Å²) in [6, 6.07) is 6.58. The highest BCUT2D eigenvalue weighted by atomic mass is 19.1. The molecule has 5 aliphatic rings. The zero-order valence-electron chi connectivity index (χ0n) is 18.5. The van der Waals surface area contributed by atoms with Gasteiger partial charge in [0.2, 0.25) is 11.7 Å². The van der Waals surface area contributed by atoms with Gasteiger partial charge in [0.15, 0.2) is 11.8 Å². The van der Waals surface area contributed by atoms with Crippen LogP contribution in [0.25, 0.3) is 0 Å². The molecule has 4 heterocycles. The molecule has 0 N–H and O–H groups in total. The van der Waals surface area contributed by atoms with Crippen LogP contribution in [0.1, 0.15) is 52.0 Å². The van der Waals surface area contributed by atoms with E-state index < -0.39 is 17.6 Å². The maximum Gasteiger partial charge on any atom is 0.227 e. The first kappa shape index (κ1) is 21.3. The fourth-order valence-electron chi connectivity index (χ4n) is 6.34. The van der Waals surface area contributed by atoms with E-state index in [1.54, 1.807) is 23.1 Å². The number of hydrogen-bond acceptors (Lipinski definition) is 5. The van der Waals surface area contributed by atoms with Crippen molar-refractivity contribution in [1.29, 1.82) is 0 Å². The highest BCUT2D eigenvalue weighted by Gasteiger charge is 2.70. The molecule has 1 spiro atoms. The lowest BCUT2D eigenvalue weighted by atomic mass is 9.57. The number of carbonyl (C=O) groups is 1. The van der Waals surface area contributed by atoms with Gasteiger partial charge >= 0.3 is 0 Å². The van der Waals surface area contributed by atoms with E-state index >= 15 is 0 Å². The second-order valence-corrected chi connectivity index (χ2v) is 9.89. The Morgan fingerprint density at radius 1 is 1.16 bits per heavy atom. The maximum atomic E-state index is 13.9. The van der Waals surface area contributed by atoms with Crippen LogP contribution in [0.5, 0.6) is 0 Å². The first-order chi connectivity index (χ1) is 14.9. The SMILES string of the molecule is C[C@@H]1CC[C@H]2[C@@H](C)C(=O)N(CCOCc3ccccc3F)[C@@H]3O[C@@]4(C)CC[C@@H]1[C@@]23OO4. The monoisotopic (exact) mass is 433 g/mol. The fourth-order valence-corrected chi connectivity index (χ4v) is 6.34. The molecule has 0 radical (unpaired) electrons. The summed E-state index contributed by atoms with van der Waals surface area (Å²) in [6.45, 7) is 7.01.